The molecule has 0 saturated carbocycles. The van der Waals surface area contributed by atoms with Crippen LogP contribution in [-0.4, -0.2) is 42.0 Å². The molecule has 1 N–H and O–H groups in total. The molecular formula is C19H24N3O+. The van der Waals surface area contributed by atoms with Gasteiger partial charge in [-0.15, -0.1) is 0 Å². The highest BCUT2D eigenvalue weighted by Crippen LogP contribution is 2.05. The van der Waals surface area contributed by atoms with Crippen molar-refractivity contribution in [2.45, 2.75) is 19.9 Å². The molecular weight excluding hydrogens is 286 g/mol. The van der Waals surface area contributed by atoms with E-state index in [4.69, 9.17) is 0 Å². The van der Waals surface area contributed by atoms with Gasteiger partial charge in [-0.2, -0.15) is 0 Å². The second-order valence-electron chi connectivity index (χ2n) is 6.12. The number of rotatable bonds is 4. The fourth-order valence-electron chi connectivity index (χ4n) is 3.06. The third kappa shape index (κ3) is 3.96. The molecule has 3 rings (SSSR count). The van der Waals surface area contributed by atoms with Crippen LogP contribution in [0.3, 0.4) is 0 Å². The zero-order valence-corrected chi connectivity index (χ0v) is 13.7. The molecule has 0 aliphatic carbocycles. The number of amides is 1. The van der Waals surface area contributed by atoms with Gasteiger partial charge in [0.1, 0.15) is 6.54 Å². The van der Waals surface area contributed by atoms with E-state index in [1.54, 1.807) is 29.4 Å². The van der Waals surface area contributed by atoms with E-state index in [9.17, 15) is 4.79 Å². The maximum Gasteiger partial charge on any atom is 0.254 e. The average molecular weight is 310 g/mol. The number of carbonyl (C=O) groups is 1. The molecule has 1 fully saturated rings. The van der Waals surface area contributed by atoms with Gasteiger partial charge in [0, 0.05) is 23.5 Å². The summed E-state index contributed by atoms with van der Waals surface area (Å²) in [6.45, 7) is 6.88. The Bertz CT molecular complexity index is 631. The van der Waals surface area contributed by atoms with Crippen molar-refractivity contribution in [1.82, 2.24) is 9.88 Å². The highest BCUT2D eigenvalue weighted by Gasteiger charge is 2.24. The zero-order valence-electron chi connectivity index (χ0n) is 13.7. The Morgan fingerprint density at radius 3 is 2.26 bits per heavy atom. The largest absolute Gasteiger partial charge is 0.328 e. The first-order valence-corrected chi connectivity index (χ1v) is 8.37. The molecule has 0 radical (unpaired) electrons. The summed E-state index contributed by atoms with van der Waals surface area (Å²) in [4.78, 5) is 19.9. The van der Waals surface area contributed by atoms with Crippen molar-refractivity contribution >= 4 is 5.91 Å². The number of quaternary nitrogens is 1. The van der Waals surface area contributed by atoms with Gasteiger partial charge < -0.3 is 9.80 Å². The third-order valence-electron chi connectivity index (χ3n) is 4.57. The van der Waals surface area contributed by atoms with Crippen molar-refractivity contribution in [3.05, 3.63) is 65.5 Å². The first-order valence-electron chi connectivity index (χ1n) is 8.37. The number of aryl methyl sites for hydroxylation is 1. The topological polar surface area (TPSA) is 37.6 Å². The number of hydrogen-bond acceptors (Lipinski definition) is 2. The number of hydrogen-bond donors (Lipinski definition) is 1. The summed E-state index contributed by atoms with van der Waals surface area (Å²) in [5, 5.41) is 0. The number of aromatic nitrogens is 1. The molecule has 2 heterocycles. The van der Waals surface area contributed by atoms with Crippen LogP contribution in [0.5, 0.6) is 0 Å². The molecule has 4 nitrogen and oxygen atoms in total. The lowest BCUT2D eigenvalue weighted by molar-refractivity contribution is -0.917. The van der Waals surface area contributed by atoms with Crippen LogP contribution in [0.2, 0.25) is 0 Å². The SMILES string of the molecule is CCc1ccc(C[NH+]2CCN(C(=O)c3ccncc3)CC2)cc1. The van der Waals surface area contributed by atoms with E-state index >= 15 is 0 Å². The van der Waals surface area contributed by atoms with E-state index in [1.807, 2.05) is 4.90 Å². The summed E-state index contributed by atoms with van der Waals surface area (Å²) in [5.74, 6) is 0.124. The average Bonchev–Trinajstić information content (AvgIpc) is 2.63. The fraction of sp³-hybridized carbons (Fsp3) is 0.368. The van der Waals surface area contributed by atoms with Crippen molar-refractivity contribution in [2.24, 2.45) is 0 Å². The maximum absolute atomic E-state index is 12.4. The Morgan fingerprint density at radius 1 is 1.04 bits per heavy atom. The standard InChI is InChI=1S/C19H23N3O/c1-2-16-3-5-17(6-4-16)15-21-11-13-22(14-12-21)19(23)18-7-9-20-10-8-18/h3-10H,2,11-15H2,1H3/p+1. The molecule has 1 saturated heterocycles. The number of piperazine rings is 1. The Balaban J connectivity index is 1.53. The summed E-state index contributed by atoms with van der Waals surface area (Å²) in [6, 6.07) is 12.5. The molecule has 2 aromatic rings. The summed E-state index contributed by atoms with van der Waals surface area (Å²) < 4.78 is 0. The number of carbonyl (C=O) groups excluding carboxylic acids is 1. The molecule has 120 valence electrons. The van der Waals surface area contributed by atoms with E-state index < -0.39 is 0 Å². The monoisotopic (exact) mass is 310 g/mol. The molecule has 4 heteroatoms. The van der Waals surface area contributed by atoms with Crippen LogP contribution in [0.15, 0.2) is 48.8 Å². The zero-order chi connectivity index (χ0) is 16.1. The van der Waals surface area contributed by atoms with E-state index in [-0.39, 0.29) is 5.91 Å². The number of nitrogens with zero attached hydrogens (tertiary/aromatic N) is 2. The van der Waals surface area contributed by atoms with Gasteiger partial charge in [-0.3, -0.25) is 9.78 Å². The molecule has 0 unspecified atom stereocenters. The molecule has 1 amide bonds. The summed E-state index contributed by atoms with van der Waals surface area (Å²) >= 11 is 0. The summed E-state index contributed by atoms with van der Waals surface area (Å²) in [6.07, 6.45) is 4.44. The first kappa shape index (κ1) is 15.7. The van der Waals surface area contributed by atoms with E-state index in [1.165, 1.54) is 11.1 Å². The van der Waals surface area contributed by atoms with Crippen LogP contribution in [0.25, 0.3) is 0 Å². The molecule has 1 aromatic carbocycles. The van der Waals surface area contributed by atoms with Gasteiger partial charge in [-0.25, -0.2) is 0 Å². The van der Waals surface area contributed by atoms with Gasteiger partial charge >= 0.3 is 0 Å². The second-order valence-corrected chi connectivity index (χ2v) is 6.12. The smallest absolute Gasteiger partial charge is 0.254 e. The Kier molecular flexibility index (Phi) is 5.03. The normalized spacial score (nSPS) is 15.6. The second kappa shape index (κ2) is 7.38. The van der Waals surface area contributed by atoms with Crippen molar-refractivity contribution in [1.29, 1.82) is 0 Å². The Morgan fingerprint density at radius 2 is 1.65 bits per heavy atom. The van der Waals surface area contributed by atoms with Crippen LogP contribution in [0.4, 0.5) is 0 Å². The summed E-state index contributed by atoms with van der Waals surface area (Å²) in [7, 11) is 0. The van der Waals surface area contributed by atoms with Gasteiger partial charge in [0.2, 0.25) is 0 Å². The van der Waals surface area contributed by atoms with Gasteiger partial charge in [-0.05, 0) is 24.1 Å². The Labute approximate surface area is 137 Å². The Hall–Kier alpha value is -2.20. The van der Waals surface area contributed by atoms with Crippen LogP contribution in [0, 0.1) is 0 Å². The minimum absolute atomic E-state index is 0.124. The molecule has 1 aliphatic heterocycles. The van der Waals surface area contributed by atoms with Crippen molar-refractivity contribution < 1.29 is 9.69 Å². The molecule has 0 spiro atoms. The van der Waals surface area contributed by atoms with Gasteiger partial charge in [0.05, 0.1) is 26.2 Å². The van der Waals surface area contributed by atoms with E-state index in [2.05, 4.69) is 36.2 Å². The quantitative estimate of drug-likeness (QED) is 0.921. The lowest BCUT2D eigenvalue weighted by Crippen LogP contribution is -3.13. The van der Waals surface area contributed by atoms with E-state index in [0.29, 0.717) is 0 Å². The number of nitrogens with one attached hydrogen (secondary N) is 1. The predicted octanol–water partition coefficient (Wildman–Crippen LogP) is 1.18. The number of pyridine rings is 1. The highest BCUT2D eigenvalue weighted by molar-refractivity contribution is 5.94. The van der Waals surface area contributed by atoms with Crippen LogP contribution in [-0.2, 0) is 13.0 Å². The third-order valence-corrected chi connectivity index (χ3v) is 4.57. The van der Waals surface area contributed by atoms with Crippen molar-refractivity contribution in [3.63, 3.8) is 0 Å². The van der Waals surface area contributed by atoms with Crippen molar-refractivity contribution in [3.8, 4) is 0 Å². The molecule has 23 heavy (non-hydrogen) atoms. The minimum atomic E-state index is 0.124. The van der Waals surface area contributed by atoms with Crippen molar-refractivity contribution in [2.75, 3.05) is 26.2 Å². The minimum Gasteiger partial charge on any atom is -0.328 e. The van der Waals surface area contributed by atoms with E-state index in [0.717, 1.165) is 44.7 Å². The molecule has 0 bridgehead atoms. The van der Waals surface area contributed by atoms with Crippen LogP contribution in [0.1, 0.15) is 28.4 Å². The lowest BCUT2D eigenvalue weighted by atomic mass is 10.1. The van der Waals surface area contributed by atoms with Gasteiger partial charge in [0.15, 0.2) is 0 Å². The number of benzene rings is 1. The molecule has 0 atom stereocenters. The fourth-order valence-corrected chi connectivity index (χ4v) is 3.06. The lowest BCUT2D eigenvalue weighted by Gasteiger charge is -2.32. The molecule has 1 aromatic heterocycles. The highest BCUT2D eigenvalue weighted by atomic mass is 16.2. The maximum atomic E-state index is 12.4. The van der Waals surface area contributed by atoms with Crippen LogP contribution < -0.4 is 4.90 Å². The molecule has 1 aliphatic rings. The van der Waals surface area contributed by atoms with Gasteiger partial charge in [-0.1, -0.05) is 31.2 Å². The van der Waals surface area contributed by atoms with Crippen LogP contribution >= 0.6 is 0 Å². The summed E-state index contributed by atoms with van der Waals surface area (Å²) in [5.41, 5.74) is 3.50. The van der Waals surface area contributed by atoms with Gasteiger partial charge in [0.25, 0.3) is 5.91 Å². The first-order chi connectivity index (χ1) is 11.3. The predicted molar refractivity (Wildman–Crippen MR) is 90.4 cm³/mol.